The van der Waals surface area contributed by atoms with Gasteiger partial charge < -0.3 is 14.5 Å². The predicted molar refractivity (Wildman–Crippen MR) is 71.2 cm³/mol. The van der Waals surface area contributed by atoms with E-state index in [9.17, 15) is 0 Å². The molecule has 17 heavy (non-hydrogen) atoms. The van der Waals surface area contributed by atoms with Crippen molar-refractivity contribution in [3.63, 3.8) is 0 Å². The standard InChI is InChI=1S/C12H19N3OS/c1-2-4-14(5-3-1)11-10-13-12(17-11)15-6-8-16-9-7-15/h10H,1-9H2. The van der Waals surface area contributed by atoms with Crippen molar-refractivity contribution in [2.75, 3.05) is 49.2 Å². The van der Waals surface area contributed by atoms with Crippen LogP contribution in [0.2, 0.25) is 0 Å². The van der Waals surface area contributed by atoms with Crippen molar-refractivity contribution in [3.8, 4) is 0 Å². The maximum Gasteiger partial charge on any atom is 0.187 e. The van der Waals surface area contributed by atoms with Gasteiger partial charge in [-0.1, -0.05) is 11.3 Å². The molecule has 2 aliphatic rings. The van der Waals surface area contributed by atoms with Crippen LogP contribution in [-0.2, 0) is 4.74 Å². The van der Waals surface area contributed by atoms with Crippen LogP contribution in [0.5, 0.6) is 0 Å². The third-order valence-electron chi connectivity index (χ3n) is 3.43. The van der Waals surface area contributed by atoms with Crippen LogP contribution in [0.4, 0.5) is 10.1 Å². The number of nitrogens with zero attached hydrogens (tertiary/aromatic N) is 3. The minimum atomic E-state index is 0.832. The van der Waals surface area contributed by atoms with E-state index in [2.05, 4.69) is 14.8 Å². The fraction of sp³-hybridized carbons (Fsp3) is 0.750. The van der Waals surface area contributed by atoms with Gasteiger partial charge >= 0.3 is 0 Å². The maximum absolute atomic E-state index is 5.37. The molecule has 3 rings (SSSR count). The summed E-state index contributed by atoms with van der Waals surface area (Å²) in [5.74, 6) is 0. The molecule has 0 unspecified atom stereocenters. The van der Waals surface area contributed by atoms with Crippen molar-refractivity contribution in [2.24, 2.45) is 0 Å². The van der Waals surface area contributed by atoms with E-state index in [0.717, 1.165) is 31.4 Å². The van der Waals surface area contributed by atoms with Gasteiger partial charge in [-0.3, -0.25) is 0 Å². The first-order valence-corrected chi connectivity index (χ1v) is 7.28. The summed E-state index contributed by atoms with van der Waals surface area (Å²) >= 11 is 1.83. The molecule has 94 valence electrons. The highest BCUT2D eigenvalue weighted by Gasteiger charge is 2.18. The summed E-state index contributed by atoms with van der Waals surface area (Å²) in [5.41, 5.74) is 0. The van der Waals surface area contributed by atoms with Crippen molar-refractivity contribution in [1.82, 2.24) is 4.98 Å². The van der Waals surface area contributed by atoms with Crippen LogP contribution in [0.3, 0.4) is 0 Å². The number of hydrogen-bond acceptors (Lipinski definition) is 5. The van der Waals surface area contributed by atoms with Crippen LogP contribution >= 0.6 is 11.3 Å². The van der Waals surface area contributed by atoms with Gasteiger partial charge in [0.25, 0.3) is 0 Å². The fourth-order valence-electron chi connectivity index (χ4n) is 2.42. The Hall–Kier alpha value is -0.810. The summed E-state index contributed by atoms with van der Waals surface area (Å²) in [7, 11) is 0. The Morgan fingerprint density at radius 2 is 1.76 bits per heavy atom. The summed E-state index contributed by atoms with van der Waals surface area (Å²) in [6.07, 6.45) is 6.07. The second-order valence-electron chi connectivity index (χ2n) is 4.63. The first kappa shape index (κ1) is 11.3. The summed E-state index contributed by atoms with van der Waals surface area (Å²) in [4.78, 5) is 9.37. The van der Waals surface area contributed by atoms with E-state index >= 15 is 0 Å². The topological polar surface area (TPSA) is 28.6 Å². The molecule has 4 nitrogen and oxygen atoms in total. The molecule has 0 amide bonds. The number of anilines is 2. The van der Waals surface area contributed by atoms with Gasteiger partial charge in [0.05, 0.1) is 19.4 Å². The molecule has 3 heterocycles. The van der Waals surface area contributed by atoms with Crippen LogP contribution < -0.4 is 9.80 Å². The molecule has 1 aromatic heterocycles. The Morgan fingerprint density at radius 3 is 2.53 bits per heavy atom. The van der Waals surface area contributed by atoms with E-state index in [1.54, 1.807) is 0 Å². The van der Waals surface area contributed by atoms with Crippen LogP contribution in [0.25, 0.3) is 0 Å². The van der Waals surface area contributed by atoms with Crippen LogP contribution in [0, 0.1) is 0 Å². The van der Waals surface area contributed by atoms with Gasteiger partial charge in [0, 0.05) is 26.2 Å². The third-order valence-corrected chi connectivity index (χ3v) is 4.55. The van der Waals surface area contributed by atoms with Gasteiger partial charge in [-0.15, -0.1) is 0 Å². The second-order valence-corrected chi connectivity index (χ2v) is 5.62. The molecule has 0 atom stereocenters. The summed E-state index contributed by atoms with van der Waals surface area (Å²) in [5, 5.41) is 2.50. The van der Waals surface area contributed by atoms with Gasteiger partial charge in [0.1, 0.15) is 5.00 Å². The number of hydrogen-bond donors (Lipinski definition) is 0. The van der Waals surface area contributed by atoms with Crippen LogP contribution in [0.1, 0.15) is 19.3 Å². The molecule has 2 saturated heterocycles. The van der Waals surface area contributed by atoms with Crippen molar-refractivity contribution < 1.29 is 4.74 Å². The van der Waals surface area contributed by atoms with E-state index < -0.39 is 0 Å². The molecule has 5 heteroatoms. The smallest absolute Gasteiger partial charge is 0.187 e. The Bertz CT molecular complexity index is 324. The zero-order valence-electron chi connectivity index (χ0n) is 10.1. The molecule has 2 aliphatic heterocycles. The number of rotatable bonds is 2. The highest BCUT2D eigenvalue weighted by molar-refractivity contribution is 7.19. The quantitative estimate of drug-likeness (QED) is 0.805. The summed E-state index contributed by atoms with van der Waals surface area (Å²) < 4.78 is 5.37. The number of piperidine rings is 1. The number of ether oxygens (including phenoxy) is 1. The lowest BCUT2D eigenvalue weighted by Crippen LogP contribution is -2.36. The molecule has 0 spiro atoms. The zero-order valence-corrected chi connectivity index (χ0v) is 10.9. The normalized spacial score (nSPS) is 21.9. The zero-order chi connectivity index (χ0) is 11.5. The van der Waals surface area contributed by atoms with E-state index in [1.165, 1.54) is 37.4 Å². The average Bonchev–Trinajstić information content (AvgIpc) is 2.90. The maximum atomic E-state index is 5.37. The largest absolute Gasteiger partial charge is 0.378 e. The molecule has 0 saturated carbocycles. The van der Waals surface area contributed by atoms with E-state index in [4.69, 9.17) is 4.74 Å². The lowest BCUT2D eigenvalue weighted by molar-refractivity contribution is 0.122. The van der Waals surface area contributed by atoms with Crippen molar-refractivity contribution >= 4 is 21.5 Å². The van der Waals surface area contributed by atoms with Crippen molar-refractivity contribution in [1.29, 1.82) is 0 Å². The molecule has 0 aromatic carbocycles. The Balaban J connectivity index is 1.68. The van der Waals surface area contributed by atoms with Crippen LogP contribution in [0.15, 0.2) is 6.20 Å². The lowest BCUT2D eigenvalue weighted by atomic mass is 10.1. The minimum absolute atomic E-state index is 0.832. The van der Waals surface area contributed by atoms with Gasteiger partial charge in [-0.25, -0.2) is 4.98 Å². The molecule has 0 bridgehead atoms. The molecule has 0 N–H and O–H groups in total. The number of thiazole rings is 1. The molecular weight excluding hydrogens is 234 g/mol. The fourth-order valence-corrected chi connectivity index (χ4v) is 3.44. The minimum Gasteiger partial charge on any atom is -0.378 e. The van der Waals surface area contributed by atoms with Gasteiger partial charge in [0.15, 0.2) is 5.13 Å². The lowest BCUT2D eigenvalue weighted by Gasteiger charge is -2.27. The van der Waals surface area contributed by atoms with E-state index in [-0.39, 0.29) is 0 Å². The Morgan fingerprint density at radius 1 is 1.00 bits per heavy atom. The highest BCUT2D eigenvalue weighted by atomic mass is 32.1. The van der Waals surface area contributed by atoms with Crippen LogP contribution in [-0.4, -0.2) is 44.4 Å². The highest BCUT2D eigenvalue weighted by Crippen LogP contribution is 2.31. The molecular formula is C12H19N3OS. The molecule has 0 radical (unpaired) electrons. The van der Waals surface area contributed by atoms with E-state index in [1.807, 2.05) is 17.5 Å². The van der Waals surface area contributed by atoms with Crippen molar-refractivity contribution in [3.05, 3.63) is 6.20 Å². The second kappa shape index (κ2) is 5.23. The molecule has 0 aliphatic carbocycles. The summed E-state index contributed by atoms with van der Waals surface area (Å²) in [6.45, 7) is 6.02. The monoisotopic (exact) mass is 253 g/mol. The third kappa shape index (κ3) is 2.55. The predicted octanol–water partition coefficient (Wildman–Crippen LogP) is 1.97. The molecule has 1 aromatic rings. The first-order valence-electron chi connectivity index (χ1n) is 6.47. The van der Waals surface area contributed by atoms with E-state index in [0.29, 0.717) is 0 Å². The first-order chi connectivity index (χ1) is 8.43. The average molecular weight is 253 g/mol. The van der Waals surface area contributed by atoms with Gasteiger partial charge in [0.2, 0.25) is 0 Å². The van der Waals surface area contributed by atoms with Crippen molar-refractivity contribution in [2.45, 2.75) is 19.3 Å². The molecule has 2 fully saturated rings. The SMILES string of the molecule is c1nc(N2CCOCC2)sc1N1CCCCC1. The summed E-state index contributed by atoms with van der Waals surface area (Å²) in [6, 6.07) is 0. The van der Waals surface area contributed by atoms with Gasteiger partial charge in [-0.05, 0) is 19.3 Å². The number of morpholine rings is 1. The van der Waals surface area contributed by atoms with Gasteiger partial charge in [-0.2, -0.15) is 0 Å². The number of aromatic nitrogens is 1. The Labute approximate surface area is 106 Å². The Kier molecular flexibility index (Phi) is 3.47.